The quantitative estimate of drug-likeness (QED) is 0.810. The molecule has 2 aromatic rings. The molecule has 2 rings (SSSR count). The zero-order valence-electron chi connectivity index (χ0n) is 13.5. The first-order chi connectivity index (χ1) is 10.1. The first kappa shape index (κ1) is 15.8. The van der Waals surface area contributed by atoms with Gasteiger partial charge >= 0.3 is 0 Å². The fourth-order valence-corrected chi connectivity index (χ4v) is 2.28. The summed E-state index contributed by atoms with van der Waals surface area (Å²) >= 11 is 0. The Kier molecular flexibility index (Phi) is 5.59. The Morgan fingerprint density at radius 3 is 2.90 bits per heavy atom. The molecule has 116 valence electrons. The normalized spacial score (nSPS) is 11.5. The van der Waals surface area contributed by atoms with E-state index in [0.29, 0.717) is 6.61 Å². The minimum atomic E-state index is 0.265. The number of aromatic nitrogens is 2. The Labute approximate surface area is 126 Å². The van der Waals surface area contributed by atoms with E-state index < -0.39 is 0 Å². The first-order valence-electron chi connectivity index (χ1n) is 7.63. The molecule has 1 N–H and O–H groups in total. The number of hydrogen-bond donors (Lipinski definition) is 1. The van der Waals surface area contributed by atoms with Crippen molar-refractivity contribution in [3.8, 4) is 0 Å². The molecule has 0 aliphatic heterocycles. The summed E-state index contributed by atoms with van der Waals surface area (Å²) in [6, 6.07) is 6.10. The number of imidazole rings is 1. The van der Waals surface area contributed by atoms with E-state index >= 15 is 0 Å². The number of fused-ring (bicyclic) bond motifs is 1. The average molecular weight is 290 g/mol. The summed E-state index contributed by atoms with van der Waals surface area (Å²) in [7, 11) is 2.07. The van der Waals surface area contributed by atoms with E-state index in [2.05, 4.69) is 48.6 Å². The van der Waals surface area contributed by atoms with Gasteiger partial charge in [-0.15, -0.1) is 0 Å². The van der Waals surface area contributed by atoms with Crippen LogP contribution in [0.3, 0.4) is 0 Å². The lowest BCUT2D eigenvalue weighted by Gasteiger charge is -2.19. The fraction of sp³-hybridized carbons (Fsp3) is 0.562. The summed E-state index contributed by atoms with van der Waals surface area (Å²) in [6.45, 7) is 9.53. The molecule has 0 bridgehead atoms. The average Bonchev–Trinajstić information content (AvgIpc) is 2.83. The van der Waals surface area contributed by atoms with Crippen molar-refractivity contribution < 1.29 is 4.74 Å². The molecule has 0 aliphatic rings. The Bertz CT molecular complexity index is 564. The van der Waals surface area contributed by atoms with Gasteiger partial charge in [0.2, 0.25) is 0 Å². The molecular weight excluding hydrogens is 264 g/mol. The predicted octanol–water partition coefficient (Wildman–Crippen LogP) is 2.31. The lowest BCUT2D eigenvalue weighted by Crippen LogP contribution is -2.26. The third kappa shape index (κ3) is 3.95. The van der Waals surface area contributed by atoms with Crippen LogP contribution in [-0.2, 0) is 11.3 Å². The summed E-state index contributed by atoms with van der Waals surface area (Å²) in [4.78, 5) is 6.93. The van der Waals surface area contributed by atoms with Crippen LogP contribution in [0.1, 0.15) is 26.5 Å². The Balaban J connectivity index is 2.20. The summed E-state index contributed by atoms with van der Waals surface area (Å²) in [6.07, 6.45) is 2.33. The minimum Gasteiger partial charge on any atom is -0.377 e. The largest absolute Gasteiger partial charge is 0.377 e. The van der Waals surface area contributed by atoms with E-state index in [1.165, 1.54) is 5.69 Å². The van der Waals surface area contributed by atoms with Crippen LogP contribution in [0, 0.1) is 0 Å². The van der Waals surface area contributed by atoms with Crippen molar-refractivity contribution in [1.82, 2.24) is 14.7 Å². The number of ether oxygens (including phenoxy) is 1. The molecule has 5 heteroatoms. The predicted molar refractivity (Wildman–Crippen MR) is 86.9 cm³/mol. The molecule has 0 radical (unpaired) electrons. The Morgan fingerprint density at radius 1 is 1.38 bits per heavy atom. The number of pyridine rings is 1. The summed E-state index contributed by atoms with van der Waals surface area (Å²) in [5.74, 6) is 1.02. The minimum absolute atomic E-state index is 0.265. The number of likely N-dealkylation sites (N-methyl/N-ethyl adjacent to an activating group) is 1. The molecule has 5 nitrogen and oxygen atoms in total. The number of nitrogens with one attached hydrogen (secondary N) is 1. The van der Waals surface area contributed by atoms with Crippen molar-refractivity contribution in [2.45, 2.75) is 33.4 Å². The smallest absolute Gasteiger partial charge is 0.152 e. The fourth-order valence-electron chi connectivity index (χ4n) is 2.28. The van der Waals surface area contributed by atoms with Gasteiger partial charge < -0.3 is 19.4 Å². The van der Waals surface area contributed by atoms with E-state index in [1.807, 2.05) is 18.2 Å². The summed E-state index contributed by atoms with van der Waals surface area (Å²) < 4.78 is 7.79. The van der Waals surface area contributed by atoms with E-state index in [-0.39, 0.29) is 6.10 Å². The molecule has 0 saturated carbocycles. The van der Waals surface area contributed by atoms with Gasteiger partial charge in [-0.3, -0.25) is 0 Å². The first-order valence-corrected chi connectivity index (χ1v) is 7.63. The third-order valence-corrected chi connectivity index (χ3v) is 3.39. The highest BCUT2D eigenvalue weighted by Crippen LogP contribution is 2.20. The zero-order chi connectivity index (χ0) is 15.2. The van der Waals surface area contributed by atoms with E-state index in [4.69, 9.17) is 9.72 Å². The second-order valence-electron chi connectivity index (χ2n) is 5.43. The second kappa shape index (κ2) is 7.43. The van der Waals surface area contributed by atoms with E-state index in [1.54, 1.807) is 0 Å². The molecule has 0 spiro atoms. The molecule has 2 aromatic heterocycles. The van der Waals surface area contributed by atoms with Crippen LogP contribution in [0.2, 0.25) is 0 Å². The van der Waals surface area contributed by atoms with Crippen LogP contribution >= 0.6 is 0 Å². The molecule has 0 aliphatic carbocycles. The topological polar surface area (TPSA) is 41.8 Å². The number of rotatable bonds is 8. The van der Waals surface area contributed by atoms with Crippen LogP contribution in [0.15, 0.2) is 24.4 Å². The molecule has 2 heterocycles. The lowest BCUT2D eigenvalue weighted by molar-refractivity contribution is 0.0845. The van der Waals surface area contributed by atoms with Crippen molar-refractivity contribution in [3.63, 3.8) is 0 Å². The number of anilines is 1. The summed E-state index contributed by atoms with van der Waals surface area (Å²) in [5, 5.41) is 3.39. The standard InChI is InChI=1S/C16H26N4O/c1-5-17-12-14-16(19(4)10-11-21-13(2)3)18-15-8-6-7-9-20(14)15/h6-9,13,17H,5,10-12H2,1-4H3. The third-order valence-electron chi connectivity index (χ3n) is 3.39. The summed E-state index contributed by atoms with van der Waals surface area (Å²) in [5.41, 5.74) is 2.18. The molecule has 0 amide bonds. The lowest BCUT2D eigenvalue weighted by atomic mass is 10.3. The van der Waals surface area contributed by atoms with Gasteiger partial charge in [-0.2, -0.15) is 0 Å². The second-order valence-corrected chi connectivity index (χ2v) is 5.43. The van der Waals surface area contributed by atoms with Gasteiger partial charge in [0.1, 0.15) is 5.65 Å². The molecule has 0 unspecified atom stereocenters. The van der Waals surface area contributed by atoms with Crippen molar-refractivity contribution in [2.75, 3.05) is 31.6 Å². The van der Waals surface area contributed by atoms with Crippen LogP contribution in [0.4, 0.5) is 5.82 Å². The highest BCUT2D eigenvalue weighted by Gasteiger charge is 2.15. The van der Waals surface area contributed by atoms with Crippen LogP contribution in [0.25, 0.3) is 5.65 Å². The molecule has 0 saturated heterocycles. The molecule has 21 heavy (non-hydrogen) atoms. The van der Waals surface area contributed by atoms with Crippen molar-refractivity contribution in [1.29, 1.82) is 0 Å². The van der Waals surface area contributed by atoms with Crippen molar-refractivity contribution in [2.24, 2.45) is 0 Å². The van der Waals surface area contributed by atoms with Crippen molar-refractivity contribution in [3.05, 3.63) is 30.1 Å². The monoisotopic (exact) mass is 290 g/mol. The maximum atomic E-state index is 5.64. The van der Waals surface area contributed by atoms with E-state index in [9.17, 15) is 0 Å². The van der Waals surface area contributed by atoms with Gasteiger partial charge in [-0.1, -0.05) is 13.0 Å². The number of hydrogen-bond acceptors (Lipinski definition) is 4. The highest BCUT2D eigenvalue weighted by molar-refractivity contribution is 5.55. The van der Waals surface area contributed by atoms with Crippen LogP contribution in [0.5, 0.6) is 0 Å². The van der Waals surface area contributed by atoms with Gasteiger partial charge in [0, 0.05) is 26.3 Å². The zero-order valence-corrected chi connectivity index (χ0v) is 13.5. The van der Waals surface area contributed by atoms with Crippen molar-refractivity contribution >= 4 is 11.5 Å². The molecular formula is C16H26N4O. The molecule has 0 atom stereocenters. The molecule has 0 fully saturated rings. The SMILES string of the molecule is CCNCc1c(N(C)CCOC(C)C)nc2ccccn12. The highest BCUT2D eigenvalue weighted by atomic mass is 16.5. The van der Waals surface area contributed by atoms with Gasteiger partial charge in [0.05, 0.1) is 18.4 Å². The maximum Gasteiger partial charge on any atom is 0.152 e. The Hall–Kier alpha value is -1.59. The van der Waals surface area contributed by atoms with Crippen LogP contribution in [-0.4, -0.2) is 42.2 Å². The number of nitrogens with zero attached hydrogens (tertiary/aromatic N) is 3. The Morgan fingerprint density at radius 2 is 2.19 bits per heavy atom. The van der Waals surface area contributed by atoms with Gasteiger partial charge in [-0.05, 0) is 32.5 Å². The van der Waals surface area contributed by atoms with Gasteiger partial charge in [-0.25, -0.2) is 4.98 Å². The van der Waals surface area contributed by atoms with E-state index in [0.717, 1.165) is 31.1 Å². The van der Waals surface area contributed by atoms with Crippen LogP contribution < -0.4 is 10.2 Å². The van der Waals surface area contributed by atoms with Gasteiger partial charge in [0.15, 0.2) is 5.82 Å². The van der Waals surface area contributed by atoms with Gasteiger partial charge in [0.25, 0.3) is 0 Å². The molecule has 0 aromatic carbocycles. The maximum absolute atomic E-state index is 5.64.